The number of alkyl halides is 2. The van der Waals surface area contributed by atoms with Gasteiger partial charge in [0, 0.05) is 0 Å². The molecule has 0 saturated carbocycles. The molecule has 0 spiro atoms. The van der Waals surface area contributed by atoms with Crippen molar-refractivity contribution < 1.29 is 56.9 Å². The Balaban J connectivity index is 4.78. The van der Waals surface area contributed by atoms with E-state index in [1.165, 1.54) is 0 Å². The van der Waals surface area contributed by atoms with Gasteiger partial charge in [-0.15, -0.1) is 0 Å². The molecule has 0 heterocycles. The van der Waals surface area contributed by atoms with E-state index in [0.717, 1.165) is 0 Å². The molecule has 13 heteroatoms. The monoisotopic (exact) mass is 284 g/mol. The number of hydrogen-bond acceptors (Lipinski definition) is 8. The molecule has 0 aromatic carbocycles. The zero-order valence-corrected chi connectivity index (χ0v) is 8.57. The normalized spacial score (nSPS) is 9.42. The summed E-state index contributed by atoms with van der Waals surface area (Å²) in [6, 6.07) is 0. The summed E-state index contributed by atoms with van der Waals surface area (Å²) in [6.45, 7) is 0. The van der Waals surface area contributed by atoms with E-state index >= 15 is 0 Å². The molecule has 0 saturated heterocycles. The first-order valence-electron chi connectivity index (χ1n) is 4.01. The van der Waals surface area contributed by atoms with Gasteiger partial charge in [-0.3, -0.25) is 0 Å². The first kappa shape index (κ1) is 16.3. The Morgan fingerprint density at radius 2 is 1.21 bits per heavy atom. The van der Waals surface area contributed by atoms with Gasteiger partial charge in [-0.25, -0.2) is 24.0 Å². The molecule has 0 rings (SSSR count). The van der Waals surface area contributed by atoms with Gasteiger partial charge in [0.25, 0.3) is 0 Å². The zero-order valence-electron chi connectivity index (χ0n) is 8.57. The second-order valence-electron chi connectivity index (χ2n) is 2.45. The Hall–Kier alpha value is -2.73. The maximum Gasteiger partial charge on any atom is 0.871 e. The fourth-order valence-electron chi connectivity index (χ4n) is 0.494. The molecule has 0 atom stereocenters. The van der Waals surface area contributed by atoms with Gasteiger partial charge in [-0.1, -0.05) is 0 Å². The molecular formula is C6H3BF2O10. The largest absolute Gasteiger partial charge is 0.871 e. The Morgan fingerprint density at radius 1 is 0.842 bits per heavy atom. The summed E-state index contributed by atoms with van der Waals surface area (Å²) >= 11 is 0. The van der Waals surface area contributed by atoms with Crippen molar-refractivity contribution in [2.45, 2.75) is 6.43 Å². The van der Waals surface area contributed by atoms with Crippen LogP contribution in [0.25, 0.3) is 0 Å². The number of carbonyl (C=O) groups excluding carboxylic acids is 3. The first-order valence-corrected chi connectivity index (χ1v) is 4.01. The highest BCUT2D eigenvalue weighted by molar-refractivity contribution is 6.51. The fraction of sp³-hybridized carbons (Fsp3) is 0.167. The summed E-state index contributed by atoms with van der Waals surface area (Å²) < 4.78 is 34.4. The maximum absolute atomic E-state index is 11.8. The van der Waals surface area contributed by atoms with E-state index in [4.69, 9.17) is 10.2 Å². The van der Waals surface area contributed by atoms with Crippen LogP contribution in [0.15, 0.2) is 0 Å². The predicted octanol–water partition coefficient (Wildman–Crippen LogP) is -1.96. The van der Waals surface area contributed by atoms with Crippen LogP contribution in [0.5, 0.6) is 0 Å². The smallest absolute Gasteiger partial charge is 0.473 e. The second-order valence-corrected chi connectivity index (χ2v) is 2.45. The van der Waals surface area contributed by atoms with Gasteiger partial charge in [-0.2, -0.15) is 8.78 Å². The fourth-order valence-corrected chi connectivity index (χ4v) is 0.494. The van der Waals surface area contributed by atoms with E-state index in [1.54, 1.807) is 0 Å². The molecule has 104 valence electrons. The molecule has 0 bridgehead atoms. The van der Waals surface area contributed by atoms with Crippen LogP contribution in [-0.2, 0) is 37.9 Å². The molecule has 0 aliphatic carbocycles. The molecule has 0 aromatic heterocycles. The first-order chi connectivity index (χ1) is 8.65. The number of halogens is 2. The highest BCUT2D eigenvalue weighted by Gasteiger charge is 2.41. The lowest BCUT2D eigenvalue weighted by molar-refractivity contribution is -0.167. The molecule has 2 N–H and O–H groups in total. The summed E-state index contributed by atoms with van der Waals surface area (Å²) in [5.41, 5.74) is 0. The van der Waals surface area contributed by atoms with Crippen LogP contribution in [0.4, 0.5) is 8.78 Å². The minimum Gasteiger partial charge on any atom is -0.473 e. The standard InChI is InChI=1S/C6H3BF2O10/c8-1(9)4(14)17-7(18-5(15)2(10)11)19-6(16)3(12)13/h1H,(H,10,11)(H,12,13). The summed E-state index contributed by atoms with van der Waals surface area (Å²) in [5, 5.41) is 16.2. The van der Waals surface area contributed by atoms with Crippen LogP contribution in [0.2, 0.25) is 0 Å². The lowest BCUT2D eigenvalue weighted by Crippen LogP contribution is -2.39. The van der Waals surface area contributed by atoms with Gasteiger partial charge in [0.1, 0.15) is 0 Å². The molecule has 0 aromatic rings. The Kier molecular flexibility index (Phi) is 5.89. The third-order valence-corrected chi connectivity index (χ3v) is 1.15. The molecule has 0 fully saturated rings. The van der Waals surface area contributed by atoms with Gasteiger partial charge in [0.2, 0.25) is 0 Å². The summed E-state index contributed by atoms with van der Waals surface area (Å²) in [5.74, 6) is -11.1. The van der Waals surface area contributed by atoms with Crippen molar-refractivity contribution in [3.8, 4) is 0 Å². The molecule has 0 unspecified atom stereocenters. The van der Waals surface area contributed by atoms with E-state index in [0.29, 0.717) is 0 Å². The average molecular weight is 284 g/mol. The van der Waals surface area contributed by atoms with Crippen LogP contribution in [0, 0.1) is 0 Å². The summed E-state index contributed by atoms with van der Waals surface area (Å²) in [6.07, 6.45) is -3.71. The van der Waals surface area contributed by atoms with Crippen LogP contribution in [0.1, 0.15) is 0 Å². The second kappa shape index (κ2) is 6.88. The van der Waals surface area contributed by atoms with Crippen molar-refractivity contribution in [2.75, 3.05) is 0 Å². The lowest BCUT2D eigenvalue weighted by atomic mass is 10.2. The average Bonchev–Trinajstić information content (AvgIpc) is 2.27. The van der Waals surface area contributed by atoms with E-state index in [-0.39, 0.29) is 0 Å². The summed E-state index contributed by atoms with van der Waals surface area (Å²) in [4.78, 5) is 51.5. The molecule has 0 amide bonds. The quantitative estimate of drug-likeness (QED) is 0.439. The van der Waals surface area contributed by atoms with Crippen molar-refractivity contribution in [1.29, 1.82) is 0 Å². The molecule has 0 aliphatic heterocycles. The maximum atomic E-state index is 11.8. The van der Waals surface area contributed by atoms with E-state index in [2.05, 4.69) is 14.0 Å². The number of aliphatic carboxylic acids is 2. The third-order valence-electron chi connectivity index (χ3n) is 1.15. The van der Waals surface area contributed by atoms with Crippen LogP contribution < -0.4 is 0 Å². The molecule has 19 heavy (non-hydrogen) atoms. The van der Waals surface area contributed by atoms with Crippen molar-refractivity contribution in [1.82, 2.24) is 0 Å². The SMILES string of the molecule is O=C(O)C(=O)OB(OC(=O)C(=O)O)OC(=O)C(F)F. The van der Waals surface area contributed by atoms with Gasteiger partial charge >= 0.3 is 43.6 Å². The van der Waals surface area contributed by atoms with Crippen molar-refractivity contribution in [3.05, 3.63) is 0 Å². The third kappa shape index (κ3) is 5.95. The highest BCUT2D eigenvalue weighted by atomic mass is 19.3. The van der Waals surface area contributed by atoms with E-state index in [9.17, 15) is 32.8 Å². The lowest BCUT2D eigenvalue weighted by Gasteiger charge is -2.10. The van der Waals surface area contributed by atoms with Gasteiger partial charge in [-0.05, 0) is 0 Å². The van der Waals surface area contributed by atoms with E-state index in [1.807, 2.05) is 0 Å². The Morgan fingerprint density at radius 3 is 1.47 bits per heavy atom. The number of carboxylic acids is 2. The van der Waals surface area contributed by atoms with Gasteiger partial charge in [0.15, 0.2) is 0 Å². The molecular weight excluding hydrogens is 281 g/mol. The van der Waals surface area contributed by atoms with Crippen molar-refractivity contribution in [2.24, 2.45) is 0 Å². The minimum absolute atomic E-state index is 2.13. The number of hydrogen-bond donors (Lipinski definition) is 2. The van der Waals surface area contributed by atoms with Crippen molar-refractivity contribution >= 4 is 37.2 Å². The number of rotatable bonds is 4. The highest BCUT2D eigenvalue weighted by Crippen LogP contribution is 2.02. The van der Waals surface area contributed by atoms with Crippen LogP contribution >= 0.6 is 0 Å². The number of carboxylic acid groups (broad SMARTS) is 2. The number of carbonyl (C=O) groups is 5. The Bertz CT molecular complexity index is 392. The minimum atomic E-state index is -3.71. The molecule has 0 aliphatic rings. The Labute approximate surface area is 102 Å². The van der Waals surface area contributed by atoms with E-state index < -0.39 is 43.6 Å². The topological polar surface area (TPSA) is 154 Å². The van der Waals surface area contributed by atoms with Gasteiger partial charge < -0.3 is 24.2 Å². The van der Waals surface area contributed by atoms with Gasteiger partial charge in [0.05, 0.1) is 0 Å². The van der Waals surface area contributed by atoms with Crippen LogP contribution in [-0.4, -0.2) is 53.8 Å². The zero-order chi connectivity index (χ0) is 15.2. The van der Waals surface area contributed by atoms with Crippen molar-refractivity contribution in [3.63, 3.8) is 0 Å². The summed E-state index contributed by atoms with van der Waals surface area (Å²) in [7, 11) is -2.87. The van der Waals surface area contributed by atoms with Crippen LogP contribution in [0.3, 0.4) is 0 Å². The predicted molar refractivity (Wildman–Crippen MR) is 45.3 cm³/mol. The molecule has 10 nitrogen and oxygen atoms in total. The molecule has 0 radical (unpaired) electrons.